The summed E-state index contributed by atoms with van der Waals surface area (Å²) in [7, 11) is -3.20. The minimum atomic E-state index is -3.20. The summed E-state index contributed by atoms with van der Waals surface area (Å²) in [5, 5.41) is 0. The van der Waals surface area contributed by atoms with E-state index in [-0.39, 0.29) is 36.4 Å². The molecule has 1 saturated carbocycles. The number of hydrogen-bond donors (Lipinski definition) is 0. The number of carbonyl (C=O) groups excluding carboxylic acids is 1. The van der Waals surface area contributed by atoms with Gasteiger partial charge in [0, 0.05) is 25.6 Å². The van der Waals surface area contributed by atoms with Gasteiger partial charge in [-0.1, -0.05) is 0 Å². The number of oxazole rings is 1. The molecule has 1 aromatic rings. The average Bonchev–Trinajstić information content (AvgIpc) is 3.14. The Morgan fingerprint density at radius 2 is 2.12 bits per heavy atom. The van der Waals surface area contributed by atoms with Crippen molar-refractivity contribution < 1.29 is 22.4 Å². The number of sulfone groups is 1. The lowest BCUT2D eigenvalue weighted by molar-refractivity contribution is 0.0210. The van der Waals surface area contributed by atoms with Crippen molar-refractivity contribution in [1.29, 1.82) is 0 Å². The molecule has 1 spiro atoms. The molecule has 0 bridgehead atoms. The van der Waals surface area contributed by atoms with Gasteiger partial charge in [0.15, 0.2) is 16.2 Å². The predicted octanol–water partition coefficient (Wildman–Crippen LogP) is 1.04. The number of aromatic nitrogens is 1. The van der Waals surface area contributed by atoms with Crippen molar-refractivity contribution in [3.63, 3.8) is 0 Å². The first-order valence-electron chi connectivity index (χ1n) is 8.42. The highest BCUT2D eigenvalue weighted by Crippen LogP contribution is 2.45. The van der Waals surface area contributed by atoms with Crippen LogP contribution >= 0.6 is 0 Å². The molecule has 7 nitrogen and oxygen atoms in total. The zero-order valence-electron chi connectivity index (χ0n) is 13.7. The van der Waals surface area contributed by atoms with Crippen LogP contribution in [0.15, 0.2) is 10.8 Å². The van der Waals surface area contributed by atoms with E-state index in [1.165, 1.54) is 19.2 Å². The van der Waals surface area contributed by atoms with Gasteiger partial charge in [0.1, 0.15) is 4.75 Å². The molecule has 2 aliphatic heterocycles. The summed E-state index contributed by atoms with van der Waals surface area (Å²) < 4.78 is 35.2. The molecular weight excluding hydrogens is 332 g/mol. The van der Waals surface area contributed by atoms with Crippen molar-refractivity contribution in [2.75, 3.05) is 32.1 Å². The molecular formula is C16H22N2O5S. The highest BCUT2D eigenvalue weighted by molar-refractivity contribution is 7.93. The minimum Gasteiger partial charge on any atom is -0.438 e. The number of ether oxygens (including phenoxy) is 1. The molecule has 3 fully saturated rings. The van der Waals surface area contributed by atoms with Gasteiger partial charge >= 0.3 is 0 Å². The quantitative estimate of drug-likeness (QED) is 0.785. The van der Waals surface area contributed by atoms with E-state index in [0.717, 1.165) is 6.61 Å². The van der Waals surface area contributed by atoms with E-state index in [1.54, 1.807) is 11.8 Å². The lowest BCUT2D eigenvalue weighted by atomic mass is 9.83. The Kier molecular flexibility index (Phi) is 3.72. The highest BCUT2D eigenvalue weighted by Gasteiger charge is 2.62. The van der Waals surface area contributed by atoms with Crippen LogP contribution in [0.3, 0.4) is 0 Å². The number of rotatable bonds is 5. The monoisotopic (exact) mass is 354 g/mol. The maximum atomic E-state index is 12.6. The summed E-state index contributed by atoms with van der Waals surface area (Å²) >= 11 is 0. The van der Waals surface area contributed by atoms with Crippen LogP contribution in [0.1, 0.15) is 35.5 Å². The maximum Gasteiger partial charge on any atom is 0.291 e. The van der Waals surface area contributed by atoms with Crippen LogP contribution in [0.4, 0.5) is 0 Å². The highest BCUT2D eigenvalue weighted by atomic mass is 32.2. The fourth-order valence-corrected chi connectivity index (χ4v) is 6.16. The second-order valence-electron chi connectivity index (χ2n) is 7.28. The summed E-state index contributed by atoms with van der Waals surface area (Å²) in [6.45, 7) is 3.36. The molecule has 2 saturated heterocycles. The number of carbonyl (C=O) groups is 1. The van der Waals surface area contributed by atoms with Crippen LogP contribution in [0, 0.1) is 18.8 Å². The molecule has 3 heterocycles. The SMILES string of the molecule is Cc1ncoc1C(=O)N1CC2(C1)C(COCC1CC1)CCS2(=O)=O. The fraction of sp³-hybridized carbons (Fsp3) is 0.750. The number of amides is 1. The van der Waals surface area contributed by atoms with E-state index in [4.69, 9.17) is 9.15 Å². The number of nitrogens with zero attached hydrogens (tertiary/aromatic N) is 2. The van der Waals surface area contributed by atoms with Crippen LogP contribution < -0.4 is 0 Å². The lowest BCUT2D eigenvalue weighted by Gasteiger charge is -2.49. The van der Waals surface area contributed by atoms with E-state index in [0.29, 0.717) is 24.6 Å². The van der Waals surface area contributed by atoms with Gasteiger partial charge in [-0.25, -0.2) is 13.4 Å². The Balaban J connectivity index is 1.44. The van der Waals surface area contributed by atoms with Crippen molar-refractivity contribution in [3.8, 4) is 0 Å². The lowest BCUT2D eigenvalue weighted by Crippen LogP contribution is -2.68. The molecule has 1 amide bonds. The fourth-order valence-electron chi connectivity index (χ4n) is 3.76. The zero-order chi connectivity index (χ0) is 16.9. The normalized spacial score (nSPS) is 27.4. The Labute approximate surface area is 141 Å². The van der Waals surface area contributed by atoms with Crippen LogP contribution in [-0.4, -0.2) is 61.0 Å². The smallest absolute Gasteiger partial charge is 0.291 e. The van der Waals surface area contributed by atoms with Gasteiger partial charge in [0.05, 0.1) is 18.1 Å². The van der Waals surface area contributed by atoms with Gasteiger partial charge < -0.3 is 14.1 Å². The summed E-state index contributed by atoms with van der Waals surface area (Å²) in [4.78, 5) is 17.9. The first kappa shape index (κ1) is 16.1. The second kappa shape index (κ2) is 5.56. The topological polar surface area (TPSA) is 89.7 Å². The minimum absolute atomic E-state index is 0.0267. The Bertz CT molecular complexity index is 746. The van der Waals surface area contributed by atoms with Crippen LogP contribution in [0.2, 0.25) is 0 Å². The number of likely N-dealkylation sites (tertiary alicyclic amines) is 1. The molecule has 24 heavy (non-hydrogen) atoms. The molecule has 3 aliphatic rings. The summed E-state index contributed by atoms with van der Waals surface area (Å²) in [6, 6.07) is 0. The predicted molar refractivity (Wildman–Crippen MR) is 85.3 cm³/mol. The van der Waals surface area contributed by atoms with Crippen LogP contribution in [-0.2, 0) is 14.6 Å². The first-order valence-corrected chi connectivity index (χ1v) is 10.1. The Hall–Kier alpha value is -1.41. The standard InChI is InChI=1S/C16H22N2O5S/c1-11-14(23-10-17-11)15(19)18-8-16(9-18)13(4-5-24(16,20)21)7-22-6-12-2-3-12/h10,12-13H,2-9H2,1H3. The third-order valence-electron chi connectivity index (χ3n) is 5.61. The van der Waals surface area contributed by atoms with E-state index in [9.17, 15) is 13.2 Å². The average molecular weight is 354 g/mol. The Morgan fingerprint density at radius 3 is 2.75 bits per heavy atom. The molecule has 0 radical (unpaired) electrons. The van der Waals surface area contributed by atoms with Crippen molar-refractivity contribution in [3.05, 3.63) is 17.8 Å². The van der Waals surface area contributed by atoms with E-state index in [2.05, 4.69) is 4.98 Å². The van der Waals surface area contributed by atoms with Crippen molar-refractivity contribution in [1.82, 2.24) is 9.88 Å². The third-order valence-corrected chi connectivity index (χ3v) is 8.22. The molecule has 4 rings (SSSR count). The second-order valence-corrected chi connectivity index (χ2v) is 9.73. The number of hydrogen-bond acceptors (Lipinski definition) is 6. The molecule has 0 N–H and O–H groups in total. The molecule has 0 aromatic carbocycles. The van der Waals surface area contributed by atoms with Gasteiger partial charge in [-0.05, 0) is 32.1 Å². The van der Waals surface area contributed by atoms with Gasteiger partial charge in [-0.2, -0.15) is 0 Å². The van der Waals surface area contributed by atoms with Crippen LogP contribution in [0.5, 0.6) is 0 Å². The molecule has 1 aromatic heterocycles. The third kappa shape index (κ3) is 2.47. The summed E-state index contributed by atoms with van der Waals surface area (Å²) in [6.07, 6.45) is 4.29. The summed E-state index contributed by atoms with van der Waals surface area (Å²) in [5.41, 5.74) is 0.527. The molecule has 1 atom stereocenters. The van der Waals surface area contributed by atoms with Gasteiger partial charge in [-0.15, -0.1) is 0 Å². The number of aryl methyl sites for hydroxylation is 1. The first-order chi connectivity index (χ1) is 11.4. The zero-order valence-corrected chi connectivity index (χ0v) is 14.5. The van der Waals surface area contributed by atoms with Crippen LogP contribution in [0.25, 0.3) is 0 Å². The maximum absolute atomic E-state index is 12.6. The van der Waals surface area contributed by atoms with Gasteiger partial charge in [0.2, 0.25) is 5.76 Å². The molecule has 1 unspecified atom stereocenters. The van der Waals surface area contributed by atoms with Crippen molar-refractivity contribution in [2.24, 2.45) is 11.8 Å². The largest absolute Gasteiger partial charge is 0.438 e. The van der Waals surface area contributed by atoms with Gasteiger partial charge in [0.25, 0.3) is 5.91 Å². The van der Waals surface area contributed by atoms with E-state index >= 15 is 0 Å². The summed E-state index contributed by atoms with van der Waals surface area (Å²) in [5.74, 6) is 0.736. The molecule has 132 valence electrons. The Morgan fingerprint density at radius 1 is 1.38 bits per heavy atom. The van der Waals surface area contributed by atoms with Crippen molar-refractivity contribution in [2.45, 2.75) is 30.9 Å². The molecule has 1 aliphatic carbocycles. The van der Waals surface area contributed by atoms with Crippen molar-refractivity contribution >= 4 is 15.7 Å². The van der Waals surface area contributed by atoms with Gasteiger partial charge in [-0.3, -0.25) is 4.79 Å². The molecule has 8 heteroatoms. The van der Waals surface area contributed by atoms with E-state index < -0.39 is 14.6 Å². The van der Waals surface area contributed by atoms with E-state index in [1.807, 2.05) is 0 Å².